The second kappa shape index (κ2) is 4.39. The smallest absolute Gasteiger partial charge is 0.311 e. The van der Waals surface area contributed by atoms with Gasteiger partial charge in [-0.05, 0) is 6.07 Å². The highest BCUT2D eigenvalue weighted by molar-refractivity contribution is 5.86. The zero-order chi connectivity index (χ0) is 12.3. The molecule has 1 heterocycles. The summed E-state index contributed by atoms with van der Waals surface area (Å²) in [5.41, 5.74) is -0.137. The molecule has 1 aromatic heterocycles. The summed E-state index contributed by atoms with van der Waals surface area (Å²) in [5, 5.41) is 26.3. The summed E-state index contributed by atoms with van der Waals surface area (Å²) < 4.78 is 0. The van der Waals surface area contributed by atoms with Crippen LogP contribution in [-0.4, -0.2) is 31.4 Å². The van der Waals surface area contributed by atoms with Crippen molar-refractivity contribution in [2.45, 2.75) is 0 Å². The van der Waals surface area contributed by atoms with Crippen LogP contribution in [0.4, 0.5) is 11.6 Å². The number of aliphatic imine (C=N–C) groups is 1. The largest absolute Gasteiger partial charge is 0.502 e. The van der Waals surface area contributed by atoms with E-state index in [1.165, 1.54) is 30.7 Å². The maximum absolute atomic E-state index is 10.6. The molecule has 1 aromatic carbocycles. The molecule has 0 unspecified atom stereocenters. The number of hydrogen-bond acceptors (Lipinski definition) is 6. The zero-order valence-corrected chi connectivity index (χ0v) is 8.44. The van der Waals surface area contributed by atoms with Crippen molar-refractivity contribution >= 4 is 17.9 Å². The number of H-pyrrole nitrogens is 1. The van der Waals surface area contributed by atoms with Crippen LogP contribution in [0.1, 0.15) is 5.56 Å². The van der Waals surface area contributed by atoms with E-state index in [1.807, 2.05) is 0 Å². The van der Waals surface area contributed by atoms with E-state index in [0.717, 1.165) is 0 Å². The molecule has 0 saturated carbocycles. The van der Waals surface area contributed by atoms with Gasteiger partial charge in [-0.3, -0.25) is 10.1 Å². The highest BCUT2D eigenvalue weighted by Gasteiger charge is 2.14. The average Bonchev–Trinajstić information content (AvgIpc) is 2.80. The van der Waals surface area contributed by atoms with E-state index in [9.17, 15) is 15.2 Å². The number of para-hydroxylation sites is 1. The van der Waals surface area contributed by atoms with Crippen LogP contribution in [0.5, 0.6) is 5.75 Å². The lowest BCUT2D eigenvalue weighted by atomic mass is 10.2. The van der Waals surface area contributed by atoms with Crippen LogP contribution in [0.25, 0.3) is 0 Å². The Balaban J connectivity index is 2.34. The molecular formula is C9H7N5O3. The van der Waals surface area contributed by atoms with Crippen LogP contribution in [0.3, 0.4) is 0 Å². The molecule has 0 spiro atoms. The predicted octanol–water partition coefficient (Wildman–Crippen LogP) is 1.17. The summed E-state index contributed by atoms with van der Waals surface area (Å²) in [6.45, 7) is 0. The third kappa shape index (κ3) is 2.25. The van der Waals surface area contributed by atoms with Crippen LogP contribution in [0.15, 0.2) is 29.5 Å². The molecule has 0 aliphatic heterocycles. The Kier molecular flexibility index (Phi) is 2.77. The van der Waals surface area contributed by atoms with Crippen molar-refractivity contribution in [2.24, 2.45) is 4.99 Å². The minimum absolute atomic E-state index is 0.232. The van der Waals surface area contributed by atoms with Crippen molar-refractivity contribution < 1.29 is 10.0 Å². The number of benzene rings is 1. The van der Waals surface area contributed by atoms with Crippen molar-refractivity contribution in [1.29, 1.82) is 0 Å². The maximum Gasteiger partial charge on any atom is 0.311 e. The maximum atomic E-state index is 10.6. The molecule has 0 saturated heterocycles. The first-order chi connectivity index (χ1) is 8.18. The third-order valence-electron chi connectivity index (χ3n) is 1.97. The standard InChI is InChI=1S/C9H7N5O3/c15-8-6(2-1-3-7(8)14(16)17)4-10-9-11-5-12-13-9/h1-5,15H,(H,11,12,13). The first kappa shape index (κ1) is 10.7. The number of nitrogens with zero attached hydrogens (tertiary/aromatic N) is 4. The third-order valence-corrected chi connectivity index (χ3v) is 1.97. The molecule has 2 aromatic rings. The molecule has 86 valence electrons. The van der Waals surface area contributed by atoms with Crippen LogP contribution >= 0.6 is 0 Å². The molecule has 0 aliphatic carbocycles. The van der Waals surface area contributed by atoms with Gasteiger partial charge in [0.25, 0.3) is 0 Å². The molecule has 17 heavy (non-hydrogen) atoms. The SMILES string of the molecule is O=[N+]([O-])c1cccc(C=Nc2ncn[nH]2)c1O. The van der Waals surface area contributed by atoms with Crippen molar-refractivity contribution in [3.05, 3.63) is 40.2 Å². The number of phenolic OH excluding ortho intramolecular Hbond substituents is 1. The van der Waals surface area contributed by atoms with Gasteiger partial charge in [-0.1, -0.05) is 6.07 Å². The predicted molar refractivity (Wildman–Crippen MR) is 58.4 cm³/mol. The van der Waals surface area contributed by atoms with Gasteiger partial charge in [-0.25, -0.2) is 10.1 Å². The van der Waals surface area contributed by atoms with Gasteiger partial charge in [0.15, 0.2) is 0 Å². The molecule has 0 atom stereocenters. The number of rotatable bonds is 3. The van der Waals surface area contributed by atoms with E-state index in [0.29, 0.717) is 0 Å². The van der Waals surface area contributed by atoms with Gasteiger partial charge < -0.3 is 5.11 Å². The van der Waals surface area contributed by atoms with Crippen molar-refractivity contribution in [2.75, 3.05) is 0 Å². The summed E-state index contributed by atoms with van der Waals surface area (Å²) in [6, 6.07) is 4.17. The lowest BCUT2D eigenvalue weighted by Crippen LogP contribution is -1.91. The summed E-state index contributed by atoms with van der Waals surface area (Å²) in [5.74, 6) is -0.184. The second-order valence-electron chi connectivity index (χ2n) is 3.04. The minimum atomic E-state index is -0.666. The van der Waals surface area contributed by atoms with Crippen LogP contribution in [-0.2, 0) is 0 Å². The number of aromatic nitrogens is 3. The van der Waals surface area contributed by atoms with E-state index < -0.39 is 10.7 Å². The van der Waals surface area contributed by atoms with Crippen LogP contribution < -0.4 is 0 Å². The summed E-state index contributed by atoms with van der Waals surface area (Å²) >= 11 is 0. The molecule has 0 fully saturated rings. The van der Waals surface area contributed by atoms with Gasteiger partial charge >= 0.3 is 5.69 Å². The molecule has 0 bridgehead atoms. The molecule has 2 rings (SSSR count). The van der Waals surface area contributed by atoms with E-state index in [1.54, 1.807) is 0 Å². The van der Waals surface area contributed by atoms with Crippen LogP contribution in [0.2, 0.25) is 0 Å². The second-order valence-corrected chi connectivity index (χ2v) is 3.04. The molecule has 0 amide bonds. The van der Waals surface area contributed by atoms with E-state index >= 15 is 0 Å². The fraction of sp³-hybridized carbons (Fsp3) is 0. The number of aromatic hydroxyl groups is 1. The zero-order valence-electron chi connectivity index (χ0n) is 8.44. The molecule has 2 N–H and O–H groups in total. The minimum Gasteiger partial charge on any atom is -0.502 e. The number of nitrogens with one attached hydrogen (secondary N) is 1. The first-order valence-electron chi connectivity index (χ1n) is 4.54. The number of aromatic amines is 1. The van der Waals surface area contributed by atoms with Crippen molar-refractivity contribution in [3.8, 4) is 5.75 Å². The highest BCUT2D eigenvalue weighted by atomic mass is 16.6. The molecule has 0 radical (unpaired) electrons. The molecule has 8 nitrogen and oxygen atoms in total. The van der Waals surface area contributed by atoms with Gasteiger partial charge in [-0.2, -0.15) is 10.1 Å². The molecule has 0 aliphatic rings. The lowest BCUT2D eigenvalue weighted by molar-refractivity contribution is -0.385. The van der Waals surface area contributed by atoms with Gasteiger partial charge in [0.1, 0.15) is 6.33 Å². The fourth-order valence-corrected chi connectivity index (χ4v) is 1.19. The van der Waals surface area contributed by atoms with Gasteiger partial charge in [0, 0.05) is 17.8 Å². The normalized spacial score (nSPS) is 10.8. The summed E-state index contributed by atoms with van der Waals surface area (Å²) in [4.78, 5) is 17.5. The topological polar surface area (TPSA) is 117 Å². The fourth-order valence-electron chi connectivity index (χ4n) is 1.19. The highest BCUT2D eigenvalue weighted by Crippen LogP contribution is 2.28. The van der Waals surface area contributed by atoms with Crippen molar-refractivity contribution in [3.63, 3.8) is 0 Å². The summed E-state index contributed by atoms with van der Waals surface area (Å²) in [7, 11) is 0. The number of phenols is 1. The molecular weight excluding hydrogens is 226 g/mol. The van der Waals surface area contributed by atoms with E-state index in [4.69, 9.17) is 0 Å². The van der Waals surface area contributed by atoms with Crippen molar-refractivity contribution in [1.82, 2.24) is 15.2 Å². The Labute approximate surface area is 94.8 Å². The Hall–Kier alpha value is -2.77. The Morgan fingerprint density at radius 1 is 1.53 bits per heavy atom. The Morgan fingerprint density at radius 2 is 2.35 bits per heavy atom. The van der Waals surface area contributed by atoms with Gasteiger partial charge in [-0.15, -0.1) is 0 Å². The van der Waals surface area contributed by atoms with Crippen LogP contribution in [0, 0.1) is 10.1 Å². The monoisotopic (exact) mass is 233 g/mol. The Morgan fingerprint density at radius 3 is 3.00 bits per heavy atom. The number of hydrogen-bond donors (Lipinski definition) is 2. The van der Waals surface area contributed by atoms with E-state index in [2.05, 4.69) is 20.2 Å². The first-order valence-corrected chi connectivity index (χ1v) is 4.54. The number of nitro groups is 1. The summed E-state index contributed by atoms with van der Waals surface area (Å²) in [6.07, 6.45) is 2.54. The quantitative estimate of drug-likeness (QED) is 0.468. The van der Waals surface area contributed by atoms with E-state index in [-0.39, 0.29) is 17.2 Å². The van der Waals surface area contributed by atoms with Gasteiger partial charge in [0.05, 0.1) is 4.92 Å². The number of nitro benzene ring substituents is 1. The molecule has 8 heteroatoms. The lowest BCUT2D eigenvalue weighted by Gasteiger charge is -1.98. The average molecular weight is 233 g/mol. The Bertz CT molecular complexity index is 564. The van der Waals surface area contributed by atoms with Gasteiger partial charge in [0.2, 0.25) is 11.7 Å².